The summed E-state index contributed by atoms with van der Waals surface area (Å²) in [6.45, 7) is 1.80. The number of amidine groups is 1. The average Bonchev–Trinajstić information content (AvgIpc) is 3.46. The molecule has 39 heavy (non-hydrogen) atoms. The van der Waals surface area contributed by atoms with Gasteiger partial charge in [-0.3, -0.25) is 15.0 Å². The van der Waals surface area contributed by atoms with Gasteiger partial charge in [-0.05, 0) is 43.7 Å². The van der Waals surface area contributed by atoms with Gasteiger partial charge in [-0.25, -0.2) is 9.59 Å². The van der Waals surface area contributed by atoms with Gasteiger partial charge in [-0.2, -0.15) is 0 Å². The highest BCUT2D eigenvalue weighted by molar-refractivity contribution is 6.08. The van der Waals surface area contributed by atoms with E-state index in [1.807, 2.05) is 0 Å². The van der Waals surface area contributed by atoms with Crippen molar-refractivity contribution in [1.82, 2.24) is 20.9 Å². The summed E-state index contributed by atoms with van der Waals surface area (Å²) < 4.78 is 5.05. The number of para-hydroxylation sites is 1. The lowest BCUT2D eigenvalue weighted by atomic mass is 10.2. The number of amides is 4. The van der Waals surface area contributed by atoms with Crippen LogP contribution >= 0.6 is 0 Å². The zero-order valence-corrected chi connectivity index (χ0v) is 21.2. The lowest BCUT2D eigenvalue weighted by molar-refractivity contribution is -0.145. The number of nitrogens with one attached hydrogen (secondary N) is 5. The maximum atomic E-state index is 12.9. The van der Waals surface area contributed by atoms with Crippen LogP contribution in [0.3, 0.4) is 0 Å². The first-order chi connectivity index (χ1) is 18.7. The number of H-pyrrole nitrogens is 1. The number of benzene rings is 2. The number of carbonyl (C=O) groups is 4. The summed E-state index contributed by atoms with van der Waals surface area (Å²) in [5.74, 6) is -1.75. The Labute approximate surface area is 223 Å². The fraction of sp³-hybridized carbons (Fsp3) is 0.269. The first kappa shape index (κ1) is 27.0. The highest BCUT2D eigenvalue weighted by atomic mass is 16.5. The van der Waals surface area contributed by atoms with Crippen LogP contribution < -0.4 is 32.3 Å². The summed E-state index contributed by atoms with van der Waals surface area (Å²) in [7, 11) is 0. The molecule has 1 aliphatic rings. The number of urea groups is 1. The van der Waals surface area contributed by atoms with Gasteiger partial charge in [0.15, 0.2) is 0 Å². The number of hydrogen-bond donors (Lipinski definition) is 7. The summed E-state index contributed by atoms with van der Waals surface area (Å²) in [5.41, 5.74) is 13.7. The maximum Gasteiger partial charge on any atom is 0.330 e. The average molecular weight is 535 g/mol. The number of esters is 1. The van der Waals surface area contributed by atoms with E-state index in [4.69, 9.17) is 21.6 Å². The van der Waals surface area contributed by atoms with Crippen molar-refractivity contribution in [2.45, 2.75) is 25.4 Å². The molecule has 4 amide bonds. The van der Waals surface area contributed by atoms with Gasteiger partial charge in [-0.15, -0.1) is 0 Å². The van der Waals surface area contributed by atoms with Gasteiger partial charge in [0.25, 0.3) is 5.91 Å². The van der Waals surface area contributed by atoms with E-state index in [9.17, 15) is 19.2 Å². The molecule has 1 aromatic heterocycles. The molecule has 2 atom stereocenters. The molecule has 13 nitrogen and oxygen atoms in total. The second-order valence-electron chi connectivity index (χ2n) is 8.88. The Morgan fingerprint density at radius 3 is 2.56 bits per heavy atom. The van der Waals surface area contributed by atoms with E-state index in [0.717, 1.165) is 0 Å². The van der Waals surface area contributed by atoms with Crippen molar-refractivity contribution in [3.05, 3.63) is 59.8 Å². The number of aromatic amines is 1. The molecule has 9 N–H and O–H groups in total. The van der Waals surface area contributed by atoms with Crippen LogP contribution in [0.25, 0.3) is 10.9 Å². The molecular weight excluding hydrogens is 504 g/mol. The molecule has 2 unspecified atom stereocenters. The quantitative estimate of drug-likeness (QED) is 0.119. The third kappa shape index (κ3) is 5.92. The highest BCUT2D eigenvalue weighted by Gasteiger charge is 2.34. The molecule has 1 aliphatic heterocycles. The van der Waals surface area contributed by atoms with Crippen LogP contribution in [-0.4, -0.2) is 66.4 Å². The van der Waals surface area contributed by atoms with E-state index < -0.39 is 30.0 Å². The molecule has 2 aromatic carbocycles. The second-order valence-corrected chi connectivity index (χ2v) is 8.88. The van der Waals surface area contributed by atoms with Crippen LogP contribution in [0.1, 0.15) is 29.4 Å². The van der Waals surface area contributed by atoms with Crippen molar-refractivity contribution in [1.29, 1.82) is 5.41 Å². The van der Waals surface area contributed by atoms with Crippen molar-refractivity contribution < 1.29 is 23.9 Å². The van der Waals surface area contributed by atoms with Gasteiger partial charge in [0.2, 0.25) is 5.91 Å². The number of nitrogen functional groups attached to an aromatic ring is 2. The molecular formula is C26H30N8O5. The normalized spacial score (nSPS) is 15.6. The highest BCUT2D eigenvalue weighted by Crippen LogP contribution is 2.24. The van der Waals surface area contributed by atoms with Crippen molar-refractivity contribution in [3.8, 4) is 0 Å². The van der Waals surface area contributed by atoms with Gasteiger partial charge in [0.05, 0.1) is 18.8 Å². The van der Waals surface area contributed by atoms with Crippen molar-refractivity contribution in [2.75, 3.05) is 30.3 Å². The molecule has 13 heteroatoms. The van der Waals surface area contributed by atoms with Gasteiger partial charge in [-0.1, -0.05) is 18.2 Å². The van der Waals surface area contributed by atoms with Crippen LogP contribution in [0.4, 0.5) is 16.2 Å². The van der Waals surface area contributed by atoms with Gasteiger partial charge < -0.3 is 42.0 Å². The number of ether oxygens (including phenoxy) is 1. The predicted molar refractivity (Wildman–Crippen MR) is 145 cm³/mol. The van der Waals surface area contributed by atoms with E-state index in [-0.39, 0.29) is 36.3 Å². The van der Waals surface area contributed by atoms with E-state index in [1.54, 1.807) is 55.5 Å². The van der Waals surface area contributed by atoms with E-state index in [2.05, 4.69) is 20.9 Å². The molecule has 1 fully saturated rings. The van der Waals surface area contributed by atoms with Gasteiger partial charge >= 0.3 is 12.0 Å². The van der Waals surface area contributed by atoms with E-state index in [0.29, 0.717) is 35.1 Å². The van der Waals surface area contributed by atoms with Crippen LogP contribution in [0.2, 0.25) is 0 Å². The van der Waals surface area contributed by atoms with Crippen molar-refractivity contribution >= 4 is 51.9 Å². The van der Waals surface area contributed by atoms with Gasteiger partial charge in [0.1, 0.15) is 23.6 Å². The molecule has 2 heterocycles. The second kappa shape index (κ2) is 11.5. The Bertz CT molecular complexity index is 1420. The minimum absolute atomic E-state index is 0.0751. The number of nitrogens with zero attached hydrogens (tertiary/aromatic N) is 1. The molecule has 1 saturated heterocycles. The Kier molecular flexibility index (Phi) is 7.98. The first-order valence-corrected chi connectivity index (χ1v) is 12.3. The first-order valence-electron chi connectivity index (χ1n) is 12.3. The molecule has 3 aromatic rings. The molecule has 0 radical (unpaired) electrons. The Morgan fingerprint density at radius 2 is 1.90 bits per heavy atom. The molecule has 0 bridgehead atoms. The molecule has 0 spiro atoms. The lowest BCUT2D eigenvalue weighted by Gasteiger charge is -2.20. The Balaban J connectivity index is 1.36. The number of aromatic nitrogens is 1. The number of carbonyl (C=O) groups excluding carboxylic acids is 4. The minimum atomic E-state index is -1.20. The molecule has 4 rings (SSSR count). The maximum absolute atomic E-state index is 12.9. The summed E-state index contributed by atoms with van der Waals surface area (Å²) in [5, 5.41) is 15.8. The third-order valence-electron chi connectivity index (χ3n) is 6.32. The smallest absolute Gasteiger partial charge is 0.330 e. The number of anilines is 2. The number of nitrogens with two attached hydrogens (primary N) is 2. The number of rotatable bonds is 9. The Morgan fingerprint density at radius 1 is 1.18 bits per heavy atom. The third-order valence-corrected chi connectivity index (χ3v) is 6.32. The molecule has 0 saturated carbocycles. The zero-order chi connectivity index (χ0) is 28.1. The number of fused-ring (bicyclic) bond motifs is 1. The monoisotopic (exact) mass is 534 g/mol. The van der Waals surface area contributed by atoms with Crippen LogP contribution in [0, 0.1) is 5.41 Å². The fourth-order valence-corrected chi connectivity index (χ4v) is 4.30. The largest absolute Gasteiger partial charge is 0.464 e. The zero-order valence-electron chi connectivity index (χ0n) is 21.2. The topological polar surface area (TPSA) is 209 Å². The van der Waals surface area contributed by atoms with Crippen molar-refractivity contribution in [2.24, 2.45) is 5.73 Å². The van der Waals surface area contributed by atoms with E-state index in [1.165, 1.54) is 4.90 Å². The SMILES string of the molecule is CCOC(=O)C(CNC(=O)NC1CCN(c2ccc(C(=N)N)cc2)C1=O)NC(=O)c1[nH]c2ccccc2c1N. The lowest BCUT2D eigenvalue weighted by Crippen LogP contribution is -2.53. The summed E-state index contributed by atoms with van der Waals surface area (Å²) in [6.07, 6.45) is 0.373. The van der Waals surface area contributed by atoms with Crippen LogP contribution in [-0.2, 0) is 14.3 Å². The minimum Gasteiger partial charge on any atom is -0.464 e. The standard InChI is InChI=1S/C26H30N8O5/c1-2-39-25(37)19(32-23(35)21-20(27)16-5-3-4-6-17(16)31-21)13-30-26(38)33-18-11-12-34(24(18)36)15-9-7-14(8-10-15)22(28)29/h3-10,18-19,31H,2,11-13,27H2,1H3,(H3,28,29)(H,32,35)(H2,30,33,38). The predicted octanol–water partition coefficient (Wildman–Crippen LogP) is 0.800. The molecule has 0 aliphatic carbocycles. The van der Waals surface area contributed by atoms with E-state index >= 15 is 0 Å². The summed E-state index contributed by atoms with van der Waals surface area (Å²) >= 11 is 0. The summed E-state index contributed by atoms with van der Waals surface area (Å²) in [6, 6.07) is 11.1. The van der Waals surface area contributed by atoms with Crippen LogP contribution in [0.5, 0.6) is 0 Å². The van der Waals surface area contributed by atoms with Crippen molar-refractivity contribution in [3.63, 3.8) is 0 Å². The number of hydrogen-bond acceptors (Lipinski definition) is 7. The van der Waals surface area contributed by atoms with Crippen LogP contribution in [0.15, 0.2) is 48.5 Å². The fourth-order valence-electron chi connectivity index (χ4n) is 4.30. The molecule has 204 valence electrons. The van der Waals surface area contributed by atoms with Gasteiger partial charge in [0, 0.05) is 28.7 Å². The Hall–Kier alpha value is -5.07. The summed E-state index contributed by atoms with van der Waals surface area (Å²) in [4.78, 5) is 55.4.